The van der Waals surface area contributed by atoms with Crippen LogP contribution in [0.25, 0.3) is 0 Å². The van der Waals surface area contributed by atoms with Gasteiger partial charge in [-0.25, -0.2) is 0 Å². The van der Waals surface area contributed by atoms with Crippen LogP contribution in [0.4, 0.5) is 5.69 Å². The summed E-state index contributed by atoms with van der Waals surface area (Å²) in [5, 5.41) is 15.5. The summed E-state index contributed by atoms with van der Waals surface area (Å²) in [4.78, 5) is 12.7. The summed E-state index contributed by atoms with van der Waals surface area (Å²) in [6.07, 6.45) is 1.11. The Labute approximate surface area is 127 Å². The number of carbonyl (C=O) groups excluding carboxylic acids is 1. The van der Waals surface area contributed by atoms with Crippen molar-refractivity contribution in [2.24, 2.45) is 0 Å². The summed E-state index contributed by atoms with van der Waals surface area (Å²) < 4.78 is 3.81. The lowest BCUT2D eigenvalue weighted by atomic mass is 10.2. The molecule has 2 aromatic rings. The first-order chi connectivity index (χ1) is 10.2. The molecule has 0 aliphatic heterocycles. The molecule has 1 aromatic heterocycles. The number of nitrogens with zero attached hydrogens (tertiary/aromatic N) is 2. The van der Waals surface area contributed by atoms with Crippen molar-refractivity contribution in [2.45, 2.75) is 19.8 Å². The Morgan fingerprint density at radius 1 is 1.48 bits per heavy atom. The zero-order chi connectivity index (χ0) is 15.1. The summed E-state index contributed by atoms with van der Waals surface area (Å²) >= 11 is 1.09. The highest BCUT2D eigenvalue weighted by atomic mass is 32.1. The fraction of sp³-hybridized carbons (Fsp3) is 0.267. The fourth-order valence-electron chi connectivity index (χ4n) is 1.70. The van der Waals surface area contributed by atoms with Gasteiger partial charge in [-0.2, -0.15) is 0 Å². The molecule has 2 rings (SSSR count). The summed E-state index contributed by atoms with van der Waals surface area (Å²) in [7, 11) is 0. The Balaban J connectivity index is 2.11. The van der Waals surface area contributed by atoms with Gasteiger partial charge in [0.15, 0.2) is 0 Å². The van der Waals surface area contributed by atoms with E-state index in [1.54, 1.807) is 12.1 Å². The maximum Gasteiger partial charge on any atom is 0.269 e. The molecule has 0 fully saturated rings. The monoisotopic (exact) mass is 301 g/mol. The van der Waals surface area contributed by atoms with Gasteiger partial charge >= 0.3 is 0 Å². The smallest absolute Gasteiger partial charge is 0.269 e. The highest BCUT2D eigenvalue weighted by molar-refractivity contribution is 7.08. The van der Waals surface area contributed by atoms with Crippen LogP contribution in [-0.2, 0) is 6.42 Å². The average Bonchev–Trinajstić information content (AvgIpc) is 2.96. The van der Waals surface area contributed by atoms with E-state index in [4.69, 9.17) is 5.11 Å². The number of anilines is 1. The Bertz CT molecular complexity index is 685. The van der Waals surface area contributed by atoms with Gasteiger partial charge in [0, 0.05) is 17.7 Å². The maximum absolute atomic E-state index is 12.2. The molecule has 5 nitrogen and oxygen atoms in total. The van der Waals surface area contributed by atoms with Crippen molar-refractivity contribution in [3.63, 3.8) is 0 Å². The molecule has 0 bridgehead atoms. The number of benzene rings is 1. The molecule has 0 unspecified atom stereocenters. The van der Waals surface area contributed by atoms with Crippen LogP contribution < -0.4 is 5.32 Å². The molecule has 1 amide bonds. The number of aliphatic hydroxyl groups is 1. The minimum atomic E-state index is -0.206. The second-order valence-corrected chi connectivity index (χ2v) is 4.97. The fourth-order valence-corrected chi connectivity index (χ4v) is 2.34. The lowest BCUT2D eigenvalue weighted by Gasteiger charge is -2.04. The predicted octanol–water partition coefficient (Wildman–Crippen LogP) is 2.09. The molecular formula is C15H15N3O2S. The normalized spacial score (nSPS) is 9.81. The van der Waals surface area contributed by atoms with E-state index in [9.17, 15) is 4.79 Å². The molecule has 108 valence electrons. The molecule has 0 aliphatic rings. The molecule has 0 atom stereocenters. The zero-order valence-corrected chi connectivity index (χ0v) is 12.4. The van der Waals surface area contributed by atoms with Crippen LogP contribution in [0.15, 0.2) is 24.3 Å². The molecule has 0 radical (unpaired) electrons. The number of hydrogen-bond donors (Lipinski definition) is 2. The highest BCUT2D eigenvalue weighted by Crippen LogP contribution is 2.15. The first kappa shape index (κ1) is 15.2. The molecule has 0 aliphatic carbocycles. The molecule has 21 heavy (non-hydrogen) atoms. The first-order valence-corrected chi connectivity index (χ1v) is 7.34. The van der Waals surface area contributed by atoms with Crippen molar-refractivity contribution >= 4 is 23.1 Å². The third-order valence-corrected chi connectivity index (χ3v) is 3.45. The third-order valence-electron chi connectivity index (χ3n) is 2.69. The van der Waals surface area contributed by atoms with Crippen LogP contribution in [0.2, 0.25) is 0 Å². The number of aryl methyl sites for hydroxylation is 1. The van der Waals surface area contributed by atoms with Gasteiger partial charge in [-0.05, 0) is 36.2 Å². The van der Waals surface area contributed by atoms with Gasteiger partial charge in [0.05, 0.1) is 12.3 Å². The minimum absolute atomic E-state index is 0.0433. The number of amides is 1. The van der Waals surface area contributed by atoms with Gasteiger partial charge in [0.1, 0.15) is 4.88 Å². The van der Waals surface area contributed by atoms with Crippen LogP contribution >= 0.6 is 11.5 Å². The van der Waals surface area contributed by atoms with Gasteiger partial charge in [0.25, 0.3) is 5.91 Å². The SMILES string of the molecule is CCc1nnsc1C(=O)Nc1cccc(C#CCCO)c1. The third kappa shape index (κ3) is 4.12. The molecule has 6 heteroatoms. The van der Waals surface area contributed by atoms with Crippen LogP contribution in [0, 0.1) is 11.8 Å². The molecular weight excluding hydrogens is 286 g/mol. The number of nitrogens with one attached hydrogen (secondary N) is 1. The van der Waals surface area contributed by atoms with Gasteiger partial charge in [-0.1, -0.05) is 29.3 Å². The van der Waals surface area contributed by atoms with Crippen LogP contribution in [0.1, 0.15) is 34.3 Å². The van der Waals surface area contributed by atoms with E-state index in [-0.39, 0.29) is 12.5 Å². The van der Waals surface area contributed by atoms with E-state index in [0.717, 1.165) is 17.1 Å². The van der Waals surface area contributed by atoms with Gasteiger partial charge in [-0.15, -0.1) is 5.10 Å². The number of hydrogen-bond acceptors (Lipinski definition) is 5. The molecule has 1 heterocycles. The van der Waals surface area contributed by atoms with Gasteiger partial charge in [0.2, 0.25) is 0 Å². The van der Waals surface area contributed by atoms with Gasteiger partial charge < -0.3 is 10.4 Å². The van der Waals surface area contributed by atoms with E-state index < -0.39 is 0 Å². The summed E-state index contributed by atoms with van der Waals surface area (Å²) in [6, 6.07) is 7.27. The predicted molar refractivity (Wildman–Crippen MR) is 82.3 cm³/mol. The second kappa shape index (κ2) is 7.53. The summed E-state index contributed by atoms with van der Waals surface area (Å²) in [5.74, 6) is 5.57. The number of aromatic nitrogens is 2. The Morgan fingerprint density at radius 2 is 2.33 bits per heavy atom. The van der Waals surface area contributed by atoms with Crippen LogP contribution in [0.5, 0.6) is 0 Å². The molecule has 0 saturated heterocycles. The van der Waals surface area contributed by atoms with E-state index >= 15 is 0 Å². The van der Waals surface area contributed by atoms with Crippen molar-refractivity contribution in [1.29, 1.82) is 0 Å². The number of aliphatic hydroxyl groups excluding tert-OH is 1. The summed E-state index contributed by atoms with van der Waals surface area (Å²) in [6.45, 7) is 1.98. The Kier molecular flexibility index (Phi) is 5.43. The van der Waals surface area contributed by atoms with Crippen molar-refractivity contribution < 1.29 is 9.90 Å². The van der Waals surface area contributed by atoms with E-state index in [2.05, 4.69) is 26.7 Å². The molecule has 1 aromatic carbocycles. The maximum atomic E-state index is 12.2. The Hall–Kier alpha value is -2.23. The first-order valence-electron chi connectivity index (χ1n) is 6.57. The summed E-state index contributed by atoms with van der Waals surface area (Å²) in [5.41, 5.74) is 2.17. The largest absolute Gasteiger partial charge is 0.395 e. The van der Waals surface area contributed by atoms with Crippen molar-refractivity contribution in [3.05, 3.63) is 40.4 Å². The van der Waals surface area contributed by atoms with E-state index in [0.29, 0.717) is 29.1 Å². The lowest BCUT2D eigenvalue weighted by Crippen LogP contribution is -2.12. The van der Waals surface area contributed by atoms with Crippen LogP contribution in [0.3, 0.4) is 0 Å². The average molecular weight is 301 g/mol. The quantitative estimate of drug-likeness (QED) is 0.848. The van der Waals surface area contributed by atoms with E-state index in [1.807, 2.05) is 19.1 Å². The zero-order valence-electron chi connectivity index (χ0n) is 11.6. The topological polar surface area (TPSA) is 75.1 Å². The van der Waals surface area contributed by atoms with E-state index in [1.165, 1.54) is 0 Å². The number of carbonyl (C=O) groups is 1. The Morgan fingerprint density at radius 3 is 3.10 bits per heavy atom. The minimum Gasteiger partial charge on any atom is -0.395 e. The van der Waals surface area contributed by atoms with Crippen molar-refractivity contribution in [3.8, 4) is 11.8 Å². The second-order valence-electron chi connectivity index (χ2n) is 4.21. The highest BCUT2D eigenvalue weighted by Gasteiger charge is 2.14. The number of rotatable bonds is 4. The lowest BCUT2D eigenvalue weighted by molar-refractivity contribution is 0.102. The molecule has 2 N–H and O–H groups in total. The van der Waals surface area contributed by atoms with Crippen molar-refractivity contribution in [2.75, 3.05) is 11.9 Å². The molecule has 0 spiro atoms. The van der Waals surface area contributed by atoms with Crippen LogP contribution in [-0.4, -0.2) is 27.2 Å². The molecule has 0 saturated carbocycles. The van der Waals surface area contributed by atoms with Gasteiger partial charge in [-0.3, -0.25) is 4.79 Å². The standard InChI is InChI=1S/C15H15N3O2S/c1-2-13-14(21-18-17-13)15(20)16-12-8-5-7-11(10-12)6-3-4-9-19/h5,7-8,10,19H,2,4,9H2,1H3,(H,16,20). The van der Waals surface area contributed by atoms with Crippen molar-refractivity contribution in [1.82, 2.24) is 9.59 Å².